The highest BCUT2D eigenvalue weighted by Gasteiger charge is 2.34. The summed E-state index contributed by atoms with van der Waals surface area (Å²) in [6, 6.07) is 19.1. The molecule has 0 saturated carbocycles. The van der Waals surface area contributed by atoms with E-state index < -0.39 is 4.92 Å². The van der Waals surface area contributed by atoms with Crippen molar-refractivity contribution in [3.05, 3.63) is 108 Å². The number of hydrogen-bond donors (Lipinski definition) is 0. The van der Waals surface area contributed by atoms with Gasteiger partial charge >= 0.3 is 0 Å². The van der Waals surface area contributed by atoms with Crippen LogP contribution in [-0.2, 0) is 17.8 Å². The molecular formula is C26H20Cl2N2O5S. The molecule has 0 aromatic heterocycles. The van der Waals surface area contributed by atoms with Crippen molar-refractivity contribution in [2.75, 3.05) is 6.54 Å². The Hall–Kier alpha value is -3.33. The maximum absolute atomic E-state index is 12.8. The van der Waals surface area contributed by atoms with Crippen LogP contribution in [0.1, 0.15) is 23.1 Å². The van der Waals surface area contributed by atoms with Crippen LogP contribution in [-0.4, -0.2) is 27.5 Å². The van der Waals surface area contributed by atoms with E-state index in [9.17, 15) is 19.7 Å². The Morgan fingerprint density at radius 2 is 1.67 bits per heavy atom. The molecule has 1 saturated heterocycles. The third-order valence-corrected chi connectivity index (χ3v) is 6.86. The summed E-state index contributed by atoms with van der Waals surface area (Å²) in [6.45, 7) is 0.366. The molecule has 36 heavy (non-hydrogen) atoms. The van der Waals surface area contributed by atoms with Gasteiger partial charge in [-0.15, -0.1) is 0 Å². The number of carbonyl (C=O) groups is 2. The smallest absolute Gasteiger partial charge is 0.293 e. The first-order valence-electron chi connectivity index (χ1n) is 11.0. The number of hydrogen-bond acceptors (Lipinski definition) is 6. The summed E-state index contributed by atoms with van der Waals surface area (Å²) in [6.07, 6.45) is 3.01. The summed E-state index contributed by atoms with van der Waals surface area (Å²) in [5.74, 6) is -0.132. The van der Waals surface area contributed by atoms with Crippen molar-refractivity contribution in [1.29, 1.82) is 0 Å². The van der Waals surface area contributed by atoms with Crippen molar-refractivity contribution in [2.45, 2.75) is 19.4 Å². The second-order valence-electron chi connectivity index (χ2n) is 7.95. The van der Waals surface area contributed by atoms with Crippen LogP contribution in [0.25, 0.3) is 6.08 Å². The number of halogens is 2. The van der Waals surface area contributed by atoms with Gasteiger partial charge < -0.3 is 4.74 Å². The van der Waals surface area contributed by atoms with Crippen LogP contribution in [0.2, 0.25) is 10.0 Å². The van der Waals surface area contributed by atoms with Crippen molar-refractivity contribution in [3.63, 3.8) is 0 Å². The van der Waals surface area contributed by atoms with Gasteiger partial charge in [0.15, 0.2) is 5.75 Å². The van der Waals surface area contributed by atoms with Gasteiger partial charge in [0.2, 0.25) is 0 Å². The molecule has 1 aliphatic rings. The number of amides is 2. The lowest BCUT2D eigenvalue weighted by atomic mass is 10.1. The predicted molar refractivity (Wildman–Crippen MR) is 141 cm³/mol. The van der Waals surface area contributed by atoms with Gasteiger partial charge in [-0.1, -0.05) is 65.7 Å². The van der Waals surface area contributed by atoms with Crippen LogP contribution < -0.4 is 4.74 Å². The number of non-ortho nitro benzene ring substituents is 1. The molecule has 1 aliphatic heterocycles. The van der Waals surface area contributed by atoms with Gasteiger partial charge in [-0.25, -0.2) is 0 Å². The summed E-state index contributed by atoms with van der Waals surface area (Å²) >= 11 is 13.6. The number of aryl methyl sites for hydroxylation is 1. The van der Waals surface area contributed by atoms with Crippen molar-refractivity contribution < 1.29 is 19.2 Å². The molecule has 1 heterocycles. The zero-order valence-corrected chi connectivity index (χ0v) is 21.2. The summed E-state index contributed by atoms with van der Waals surface area (Å²) in [4.78, 5) is 37.2. The van der Waals surface area contributed by atoms with Crippen LogP contribution in [0.15, 0.2) is 71.6 Å². The molecule has 0 aliphatic carbocycles. The van der Waals surface area contributed by atoms with E-state index in [1.807, 2.05) is 30.3 Å². The second kappa shape index (κ2) is 11.6. The minimum Gasteiger partial charge on any atom is -0.486 e. The summed E-state index contributed by atoms with van der Waals surface area (Å²) in [5, 5.41) is 11.1. The third kappa shape index (κ3) is 6.26. The lowest BCUT2D eigenvalue weighted by molar-refractivity contribution is -0.384. The maximum Gasteiger partial charge on any atom is 0.293 e. The Balaban J connectivity index is 1.41. The van der Waals surface area contributed by atoms with E-state index in [-0.39, 0.29) is 44.1 Å². The maximum atomic E-state index is 12.8. The number of benzene rings is 3. The van der Waals surface area contributed by atoms with E-state index in [1.165, 1.54) is 17.0 Å². The molecule has 0 bridgehead atoms. The minimum atomic E-state index is -0.483. The van der Waals surface area contributed by atoms with E-state index in [1.54, 1.807) is 30.3 Å². The molecule has 0 N–H and O–H groups in total. The van der Waals surface area contributed by atoms with E-state index in [4.69, 9.17) is 27.9 Å². The number of carbonyl (C=O) groups excluding carboxylic acids is 2. The molecule has 3 aromatic carbocycles. The molecule has 0 unspecified atom stereocenters. The van der Waals surface area contributed by atoms with Gasteiger partial charge in [-0.3, -0.25) is 24.6 Å². The standard InChI is InChI=1S/C26H20Cl2N2O5S/c27-21-13-19(14-22(28)24(21)35-16-18-8-4-10-20(12-18)30(33)34)15-23-25(31)29(26(32)36-23)11-5-9-17-6-2-1-3-7-17/h1-4,6-8,10,12-15H,5,9,11,16H2/b23-15+. The molecule has 184 valence electrons. The number of nitro groups is 1. The summed E-state index contributed by atoms with van der Waals surface area (Å²) in [7, 11) is 0. The number of rotatable bonds is 9. The highest BCUT2D eigenvalue weighted by molar-refractivity contribution is 8.18. The number of imide groups is 1. The normalized spacial score (nSPS) is 14.5. The van der Waals surface area contributed by atoms with Gasteiger partial charge in [0, 0.05) is 18.7 Å². The quantitative estimate of drug-likeness (QED) is 0.162. The molecular weight excluding hydrogens is 523 g/mol. The first kappa shape index (κ1) is 25.8. The van der Waals surface area contributed by atoms with Gasteiger partial charge in [-0.2, -0.15) is 0 Å². The van der Waals surface area contributed by atoms with Crippen LogP contribution in [0, 0.1) is 10.1 Å². The number of nitrogens with zero attached hydrogens (tertiary/aromatic N) is 2. The van der Waals surface area contributed by atoms with Crippen molar-refractivity contribution in [3.8, 4) is 5.75 Å². The molecule has 3 aromatic rings. The lowest BCUT2D eigenvalue weighted by Crippen LogP contribution is -2.29. The molecule has 2 amide bonds. The topological polar surface area (TPSA) is 89.7 Å². The molecule has 1 fully saturated rings. The Morgan fingerprint density at radius 1 is 0.972 bits per heavy atom. The first-order chi connectivity index (χ1) is 17.3. The van der Waals surface area contributed by atoms with Crippen LogP contribution in [0.4, 0.5) is 10.5 Å². The first-order valence-corrected chi connectivity index (χ1v) is 12.5. The average molecular weight is 543 g/mol. The van der Waals surface area contributed by atoms with Crippen molar-refractivity contribution in [2.24, 2.45) is 0 Å². The predicted octanol–water partition coefficient (Wildman–Crippen LogP) is 7.15. The Morgan fingerprint density at radius 3 is 2.36 bits per heavy atom. The Labute approximate surface area is 221 Å². The van der Waals surface area contributed by atoms with E-state index >= 15 is 0 Å². The number of nitro benzene ring substituents is 1. The zero-order chi connectivity index (χ0) is 25.7. The summed E-state index contributed by atoms with van der Waals surface area (Å²) < 4.78 is 5.71. The third-order valence-electron chi connectivity index (χ3n) is 5.39. The molecule has 7 nitrogen and oxygen atoms in total. The Kier molecular flexibility index (Phi) is 8.30. The molecule has 0 radical (unpaired) electrons. The van der Waals surface area contributed by atoms with Gasteiger partial charge in [0.1, 0.15) is 6.61 Å². The highest BCUT2D eigenvalue weighted by Crippen LogP contribution is 2.38. The van der Waals surface area contributed by atoms with E-state index in [0.717, 1.165) is 23.7 Å². The fourth-order valence-electron chi connectivity index (χ4n) is 3.65. The van der Waals surface area contributed by atoms with Crippen LogP contribution >= 0.6 is 35.0 Å². The van der Waals surface area contributed by atoms with Crippen molar-refractivity contribution >= 4 is 57.9 Å². The van der Waals surface area contributed by atoms with Crippen LogP contribution in [0.5, 0.6) is 5.75 Å². The second-order valence-corrected chi connectivity index (χ2v) is 9.76. The largest absolute Gasteiger partial charge is 0.486 e. The number of thioether (sulfide) groups is 1. The van der Waals surface area contributed by atoms with Gasteiger partial charge in [-0.05, 0) is 59.5 Å². The molecule has 0 spiro atoms. The lowest BCUT2D eigenvalue weighted by Gasteiger charge is -2.12. The Bertz CT molecular complexity index is 1320. The minimum absolute atomic E-state index is 0.0301. The van der Waals surface area contributed by atoms with Crippen LogP contribution in [0.3, 0.4) is 0 Å². The van der Waals surface area contributed by atoms with E-state index in [0.29, 0.717) is 24.1 Å². The number of ether oxygens (including phenoxy) is 1. The SMILES string of the molecule is O=C1S/C(=C/c2cc(Cl)c(OCc3cccc([N+](=O)[O-])c3)c(Cl)c2)C(=O)N1CCCc1ccccc1. The summed E-state index contributed by atoms with van der Waals surface area (Å²) in [5.41, 5.74) is 2.23. The highest BCUT2D eigenvalue weighted by atomic mass is 35.5. The monoisotopic (exact) mass is 542 g/mol. The fraction of sp³-hybridized carbons (Fsp3) is 0.154. The van der Waals surface area contributed by atoms with Gasteiger partial charge in [0.25, 0.3) is 16.8 Å². The zero-order valence-electron chi connectivity index (χ0n) is 18.9. The molecule has 0 atom stereocenters. The van der Waals surface area contributed by atoms with Gasteiger partial charge in [0.05, 0.1) is 19.9 Å². The molecule has 10 heteroatoms. The van der Waals surface area contributed by atoms with Crippen molar-refractivity contribution in [1.82, 2.24) is 4.90 Å². The average Bonchev–Trinajstić information content (AvgIpc) is 3.11. The fourth-order valence-corrected chi connectivity index (χ4v) is 5.12. The molecule has 4 rings (SSSR count). The van der Waals surface area contributed by atoms with E-state index in [2.05, 4.69) is 0 Å².